The van der Waals surface area contributed by atoms with Crippen LogP contribution in [0.3, 0.4) is 0 Å². The molecule has 0 bridgehead atoms. The van der Waals surface area contributed by atoms with Crippen molar-refractivity contribution >= 4 is 34.4 Å². The summed E-state index contributed by atoms with van der Waals surface area (Å²) in [5.41, 5.74) is 8.85. The number of para-hydroxylation sites is 1. The van der Waals surface area contributed by atoms with Crippen LogP contribution in [-0.4, -0.2) is 46.8 Å². The first-order valence-corrected chi connectivity index (χ1v) is 16.5. The van der Waals surface area contributed by atoms with Crippen molar-refractivity contribution in [3.8, 4) is 0 Å². The summed E-state index contributed by atoms with van der Waals surface area (Å²) in [6.45, 7) is 8.22. The molecule has 7 nitrogen and oxygen atoms in total. The van der Waals surface area contributed by atoms with Crippen molar-refractivity contribution < 1.29 is 4.94 Å². The van der Waals surface area contributed by atoms with Crippen molar-refractivity contribution in [3.63, 3.8) is 0 Å². The van der Waals surface area contributed by atoms with Crippen LogP contribution in [0, 0.1) is 6.92 Å². The Morgan fingerprint density at radius 1 is 0.951 bits per heavy atom. The third-order valence-electron chi connectivity index (χ3n) is 8.91. The number of nitrogens with one attached hydrogen (secondary N) is 3. The summed E-state index contributed by atoms with van der Waals surface area (Å²) < 4.78 is 0. The van der Waals surface area contributed by atoms with Crippen molar-refractivity contribution in [2.45, 2.75) is 110 Å². The summed E-state index contributed by atoms with van der Waals surface area (Å²) in [4.78, 5) is 5.83. The van der Waals surface area contributed by atoms with Crippen LogP contribution < -0.4 is 21.2 Å². The third kappa shape index (κ3) is 8.13. The highest BCUT2D eigenvalue weighted by Gasteiger charge is 2.35. The van der Waals surface area contributed by atoms with Crippen LogP contribution in [0.4, 0.5) is 17.1 Å². The van der Waals surface area contributed by atoms with E-state index < -0.39 is 0 Å². The van der Waals surface area contributed by atoms with Crippen molar-refractivity contribution in [2.24, 2.45) is 0 Å². The highest BCUT2D eigenvalue weighted by Crippen LogP contribution is 2.39. The number of thiocarbonyl (C=S) groups is 1. The molecule has 1 aliphatic carbocycles. The highest BCUT2D eigenvalue weighted by atomic mass is 32.1. The molecule has 2 aromatic carbocycles. The van der Waals surface area contributed by atoms with Gasteiger partial charge >= 0.3 is 0 Å². The lowest BCUT2D eigenvalue weighted by molar-refractivity contribution is -0.0300. The van der Waals surface area contributed by atoms with Crippen LogP contribution in [0.1, 0.15) is 95.1 Å². The number of rotatable bonds is 11. The molecule has 2 fully saturated rings. The van der Waals surface area contributed by atoms with Gasteiger partial charge in [0.25, 0.3) is 0 Å². The number of hydrogen-bond acceptors (Lipinski definition) is 6. The van der Waals surface area contributed by atoms with Gasteiger partial charge in [-0.2, -0.15) is 4.94 Å². The van der Waals surface area contributed by atoms with Gasteiger partial charge in [0.05, 0.1) is 17.4 Å². The SMILES string of the molecule is CCCCCCCN1ONc2cccc(NC(=S)NC3CN(Cc4ccccc4C)N(C4CCCCCCC4)C3)c21. The van der Waals surface area contributed by atoms with Crippen molar-refractivity contribution in [1.29, 1.82) is 0 Å². The number of unbranched alkanes of at least 4 members (excludes halogenated alkanes) is 4. The minimum absolute atomic E-state index is 0.269. The molecule has 2 aliphatic heterocycles. The Morgan fingerprint density at radius 3 is 2.54 bits per heavy atom. The number of hydrazine groups is 1. The van der Waals surface area contributed by atoms with E-state index in [1.54, 1.807) is 0 Å². The van der Waals surface area contributed by atoms with Crippen LogP contribution in [0.25, 0.3) is 0 Å². The number of hydrogen-bond donors (Lipinski definition) is 3. The van der Waals surface area contributed by atoms with E-state index in [0.717, 1.165) is 49.7 Å². The summed E-state index contributed by atoms with van der Waals surface area (Å²) >= 11 is 5.90. The molecule has 0 amide bonds. The maximum Gasteiger partial charge on any atom is 0.171 e. The molecule has 224 valence electrons. The lowest BCUT2D eigenvalue weighted by Crippen LogP contribution is -2.44. The summed E-state index contributed by atoms with van der Waals surface area (Å²) in [6, 6.07) is 15.9. The van der Waals surface area contributed by atoms with E-state index in [1.165, 1.54) is 81.8 Å². The van der Waals surface area contributed by atoms with Gasteiger partial charge in [-0.1, -0.05) is 95.0 Å². The number of anilines is 3. The number of aryl methyl sites for hydroxylation is 1. The first kappa shape index (κ1) is 30.1. The zero-order valence-electron chi connectivity index (χ0n) is 25.2. The molecular weight excluding hydrogens is 528 g/mol. The standard InChI is InChI=1S/C33H50N6OS/c1-3-4-5-9-14-22-39-32-30(20-15-21-31(32)36-40-39)35-33(41)34-28-24-37(23-27-17-13-12-16-26(27)2)38(25-28)29-18-10-7-6-8-11-19-29/h12-13,15-17,20-21,28-29,36H,3-11,14,18-19,22-25H2,1-2H3,(H2,34,35,41). The molecule has 1 saturated heterocycles. The fourth-order valence-corrected chi connectivity index (χ4v) is 6.88. The fraction of sp³-hybridized carbons (Fsp3) is 0.606. The molecular formula is C33H50N6OS. The second-order valence-electron chi connectivity index (χ2n) is 12.1. The molecule has 2 aromatic rings. The predicted molar refractivity (Wildman–Crippen MR) is 175 cm³/mol. The largest absolute Gasteiger partial charge is 0.357 e. The lowest BCUT2D eigenvalue weighted by atomic mass is 9.96. The number of fused-ring (bicyclic) bond motifs is 1. The van der Waals surface area contributed by atoms with Gasteiger partial charge in [-0.05, 0) is 61.7 Å². The van der Waals surface area contributed by atoms with E-state index in [4.69, 9.17) is 17.2 Å². The van der Waals surface area contributed by atoms with Gasteiger partial charge in [-0.3, -0.25) is 0 Å². The molecule has 0 radical (unpaired) electrons. The first-order chi connectivity index (χ1) is 20.1. The molecule has 1 atom stereocenters. The average molecular weight is 579 g/mol. The van der Waals surface area contributed by atoms with E-state index in [1.807, 2.05) is 11.1 Å². The zero-order chi connectivity index (χ0) is 28.4. The van der Waals surface area contributed by atoms with Crippen molar-refractivity contribution in [1.82, 2.24) is 15.3 Å². The Kier molecular flexibility index (Phi) is 11.1. The van der Waals surface area contributed by atoms with Crippen molar-refractivity contribution in [3.05, 3.63) is 53.6 Å². The molecule has 2 heterocycles. The minimum Gasteiger partial charge on any atom is -0.357 e. The van der Waals surface area contributed by atoms with Crippen LogP contribution in [0.15, 0.2) is 42.5 Å². The van der Waals surface area contributed by atoms with Gasteiger partial charge in [0.15, 0.2) is 5.11 Å². The molecule has 1 saturated carbocycles. The van der Waals surface area contributed by atoms with E-state index in [-0.39, 0.29) is 6.04 Å². The molecule has 1 unspecified atom stereocenters. The van der Waals surface area contributed by atoms with Crippen LogP contribution in [0.5, 0.6) is 0 Å². The van der Waals surface area contributed by atoms with E-state index in [2.05, 4.69) is 76.4 Å². The number of nitrogens with zero attached hydrogens (tertiary/aromatic N) is 3. The topological polar surface area (TPSA) is 55.0 Å². The van der Waals surface area contributed by atoms with E-state index >= 15 is 0 Å². The fourth-order valence-electron chi connectivity index (χ4n) is 6.61. The Labute approximate surface area is 252 Å². The summed E-state index contributed by atoms with van der Waals surface area (Å²) in [7, 11) is 0. The van der Waals surface area contributed by atoms with Gasteiger partial charge in [0, 0.05) is 32.2 Å². The lowest BCUT2D eigenvalue weighted by Gasteiger charge is -2.36. The monoisotopic (exact) mass is 578 g/mol. The van der Waals surface area contributed by atoms with Gasteiger partial charge in [0.1, 0.15) is 5.69 Å². The summed E-state index contributed by atoms with van der Waals surface area (Å²) in [6.07, 6.45) is 15.5. The summed E-state index contributed by atoms with van der Waals surface area (Å²) in [5, 5.41) is 15.1. The Morgan fingerprint density at radius 2 is 1.73 bits per heavy atom. The second kappa shape index (κ2) is 15.2. The molecule has 0 spiro atoms. The normalized spacial score (nSPS) is 20.3. The van der Waals surface area contributed by atoms with Gasteiger partial charge in [0.2, 0.25) is 0 Å². The highest BCUT2D eigenvalue weighted by molar-refractivity contribution is 7.80. The van der Waals surface area contributed by atoms with Crippen molar-refractivity contribution in [2.75, 3.05) is 35.5 Å². The Bertz CT molecular complexity index is 1120. The quantitative estimate of drug-likeness (QED) is 0.187. The van der Waals surface area contributed by atoms with Gasteiger partial charge in [-0.15, -0.1) is 0 Å². The summed E-state index contributed by atoms with van der Waals surface area (Å²) in [5.74, 6) is 0. The van der Waals surface area contributed by atoms with Crippen LogP contribution >= 0.6 is 12.2 Å². The Hall–Kier alpha value is -2.39. The Balaban J connectivity index is 1.23. The molecule has 3 aliphatic rings. The predicted octanol–water partition coefficient (Wildman–Crippen LogP) is 7.54. The smallest absolute Gasteiger partial charge is 0.171 e. The zero-order valence-corrected chi connectivity index (χ0v) is 26.0. The minimum atomic E-state index is 0.269. The van der Waals surface area contributed by atoms with E-state index in [0.29, 0.717) is 11.2 Å². The molecule has 3 N–H and O–H groups in total. The number of hydroxylamine groups is 1. The molecule has 5 rings (SSSR count). The van der Waals surface area contributed by atoms with Crippen LogP contribution in [0.2, 0.25) is 0 Å². The van der Waals surface area contributed by atoms with Gasteiger partial charge < -0.3 is 10.6 Å². The molecule has 0 aromatic heterocycles. The molecule has 41 heavy (non-hydrogen) atoms. The van der Waals surface area contributed by atoms with Gasteiger partial charge in [-0.25, -0.2) is 20.6 Å². The van der Waals surface area contributed by atoms with E-state index in [9.17, 15) is 0 Å². The first-order valence-electron chi connectivity index (χ1n) is 16.1. The third-order valence-corrected chi connectivity index (χ3v) is 9.13. The van der Waals surface area contributed by atoms with Crippen LogP contribution in [-0.2, 0) is 11.5 Å². The molecule has 8 heteroatoms. The second-order valence-corrected chi connectivity index (χ2v) is 12.5. The maximum atomic E-state index is 5.90. The average Bonchev–Trinajstić information content (AvgIpc) is 3.54. The maximum absolute atomic E-state index is 5.90. The number of benzene rings is 2.